The zero-order chi connectivity index (χ0) is 13.1. The second-order valence-corrected chi connectivity index (χ2v) is 4.81. The van der Waals surface area contributed by atoms with Gasteiger partial charge in [-0.25, -0.2) is 0 Å². The number of hydrogen-bond donors (Lipinski definition) is 1. The van der Waals surface area contributed by atoms with Gasteiger partial charge >= 0.3 is 0 Å². The van der Waals surface area contributed by atoms with Crippen molar-refractivity contribution in [3.63, 3.8) is 0 Å². The molecule has 0 saturated carbocycles. The monoisotopic (exact) mass is 319 g/mol. The molecule has 0 fully saturated rings. The number of benzene rings is 2. The number of aromatic amines is 1. The minimum Gasteiger partial charge on any atom is -0.364 e. The molecule has 4 rings (SSSR count). The Morgan fingerprint density at radius 2 is 1.62 bits per heavy atom. The molecule has 110 valence electrons. The van der Waals surface area contributed by atoms with Gasteiger partial charge in [0.25, 0.3) is 0 Å². The van der Waals surface area contributed by atoms with Crippen LogP contribution in [-0.4, -0.2) is 4.98 Å². The summed E-state index contributed by atoms with van der Waals surface area (Å²) in [4.78, 5) is 3.18. The van der Waals surface area contributed by atoms with Crippen LogP contribution in [0.2, 0.25) is 0 Å². The summed E-state index contributed by atoms with van der Waals surface area (Å²) in [5.74, 6) is 0. The Labute approximate surface area is 137 Å². The zero-order valence-electron chi connectivity index (χ0n) is 11.9. The summed E-state index contributed by atoms with van der Waals surface area (Å²) in [7, 11) is 0. The minimum atomic E-state index is 0. The summed E-state index contributed by atoms with van der Waals surface area (Å²) >= 11 is 0. The lowest BCUT2D eigenvalue weighted by atomic mass is 10.1. The van der Waals surface area contributed by atoms with Crippen molar-refractivity contribution in [2.75, 3.05) is 0 Å². The van der Waals surface area contributed by atoms with E-state index in [9.17, 15) is 0 Å². The molecule has 1 aliphatic rings. The zero-order valence-corrected chi connectivity index (χ0v) is 13.5. The van der Waals surface area contributed by atoms with E-state index in [1.807, 2.05) is 6.20 Å². The highest BCUT2D eigenvalue weighted by Gasteiger charge is 2.00. The van der Waals surface area contributed by atoms with Crippen LogP contribution in [-0.2, 0) is 6.42 Å². The summed E-state index contributed by atoms with van der Waals surface area (Å²) in [6.07, 6.45) is 7.53. The van der Waals surface area contributed by atoms with E-state index in [0.29, 0.717) is 0 Å². The van der Waals surface area contributed by atoms with E-state index in [-0.39, 0.29) is 24.8 Å². The van der Waals surface area contributed by atoms with E-state index >= 15 is 0 Å². The van der Waals surface area contributed by atoms with Crippen molar-refractivity contribution >= 4 is 41.7 Å². The molecule has 0 unspecified atom stereocenters. The van der Waals surface area contributed by atoms with Crippen LogP contribution in [0.15, 0.2) is 60.8 Å². The van der Waals surface area contributed by atoms with Crippen LogP contribution in [0, 0.1) is 6.92 Å². The molecule has 0 atom stereocenters. The molecule has 0 spiro atoms. The molecular weight excluding hydrogens is 301 g/mol. The molecule has 1 heterocycles. The summed E-state index contributed by atoms with van der Waals surface area (Å²) in [5, 5.41) is 2.61. The highest BCUT2D eigenvalue weighted by molar-refractivity contribution is 5.86. The van der Waals surface area contributed by atoms with Crippen molar-refractivity contribution in [3.05, 3.63) is 77.6 Å². The van der Waals surface area contributed by atoms with Crippen LogP contribution in [0.3, 0.4) is 0 Å². The molecule has 1 nitrogen and oxygen atoms in total. The van der Waals surface area contributed by atoms with Crippen molar-refractivity contribution in [1.82, 2.24) is 4.98 Å². The largest absolute Gasteiger partial charge is 0.364 e. The Hall–Kier alpha value is -1.70. The third-order valence-corrected chi connectivity index (χ3v) is 3.50. The van der Waals surface area contributed by atoms with Crippen LogP contribution >= 0.6 is 24.8 Å². The SMILES string of the molecule is C1=Cc2ccccc2C1.Cc1[nH]cc2ccccc12.Cl.Cl. The lowest BCUT2D eigenvalue weighted by molar-refractivity contribution is 1.28. The van der Waals surface area contributed by atoms with Gasteiger partial charge in [-0.05, 0) is 29.9 Å². The summed E-state index contributed by atoms with van der Waals surface area (Å²) in [5.41, 5.74) is 4.09. The molecule has 2 aromatic carbocycles. The fourth-order valence-corrected chi connectivity index (χ4v) is 2.42. The van der Waals surface area contributed by atoms with Gasteiger partial charge in [0.05, 0.1) is 0 Å². The quantitative estimate of drug-likeness (QED) is 0.557. The molecule has 3 heteroatoms. The first-order chi connectivity index (χ1) is 9.34. The summed E-state index contributed by atoms with van der Waals surface area (Å²) < 4.78 is 0. The van der Waals surface area contributed by atoms with E-state index in [1.165, 1.54) is 27.6 Å². The van der Waals surface area contributed by atoms with Gasteiger partial charge in [0.2, 0.25) is 0 Å². The third kappa shape index (κ3) is 3.90. The Bertz CT molecular complexity index is 729. The molecule has 0 aliphatic heterocycles. The van der Waals surface area contributed by atoms with E-state index in [2.05, 4.69) is 72.6 Å². The van der Waals surface area contributed by atoms with E-state index in [1.54, 1.807) is 0 Å². The van der Waals surface area contributed by atoms with Crippen molar-refractivity contribution in [3.8, 4) is 0 Å². The molecule has 0 bridgehead atoms. The lowest BCUT2D eigenvalue weighted by Crippen LogP contribution is -1.76. The lowest BCUT2D eigenvalue weighted by Gasteiger charge is -1.93. The molecule has 1 aliphatic carbocycles. The topological polar surface area (TPSA) is 15.8 Å². The van der Waals surface area contributed by atoms with Gasteiger partial charge in [0.15, 0.2) is 0 Å². The average Bonchev–Trinajstić information content (AvgIpc) is 3.07. The summed E-state index contributed by atoms with van der Waals surface area (Å²) in [6.45, 7) is 2.09. The van der Waals surface area contributed by atoms with Gasteiger partial charge in [0.1, 0.15) is 0 Å². The van der Waals surface area contributed by atoms with Gasteiger partial charge in [0, 0.05) is 17.3 Å². The number of allylic oxidation sites excluding steroid dienone is 1. The van der Waals surface area contributed by atoms with Gasteiger partial charge in [-0.15, -0.1) is 24.8 Å². The number of halogens is 2. The first-order valence-electron chi connectivity index (χ1n) is 6.62. The molecule has 0 amide bonds. The van der Waals surface area contributed by atoms with Gasteiger partial charge in [-0.1, -0.05) is 60.7 Å². The van der Waals surface area contributed by atoms with Gasteiger partial charge in [-0.3, -0.25) is 0 Å². The number of nitrogens with one attached hydrogen (secondary N) is 1. The Morgan fingerprint density at radius 3 is 2.38 bits per heavy atom. The maximum Gasteiger partial charge on any atom is 0.0195 e. The molecule has 3 aromatic rings. The number of hydrogen-bond acceptors (Lipinski definition) is 0. The highest BCUT2D eigenvalue weighted by atomic mass is 35.5. The summed E-state index contributed by atoms with van der Waals surface area (Å²) in [6, 6.07) is 16.8. The number of fused-ring (bicyclic) bond motifs is 2. The van der Waals surface area contributed by atoms with Gasteiger partial charge < -0.3 is 4.98 Å². The molecule has 1 aromatic heterocycles. The van der Waals surface area contributed by atoms with Crippen molar-refractivity contribution in [2.24, 2.45) is 0 Å². The van der Waals surface area contributed by atoms with Crippen molar-refractivity contribution < 1.29 is 0 Å². The van der Waals surface area contributed by atoms with E-state index in [0.717, 1.165) is 6.42 Å². The highest BCUT2D eigenvalue weighted by Crippen LogP contribution is 2.17. The van der Waals surface area contributed by atoms with Crippen LogP contribution < -0.4 is 0 Å². The number of aryl methyl sites for hydroxylation is 1. The first-order valence-corrected chi connectivity index (χ1v) is 6.62. The molecule has 0 saturated heterocycles. The number of rotatable bonds is 0. The Morgan fingerprint density at radius 1 is 0.905 bits per heavy atom. The fraction of sp³-hybridized carbons (Fsp3) is 0.111. The van der Waals surface area contributed by atoms with Crippen LogP contribution in [0.4, 0.5) is 0 Å². The smallest absolute Gasteiger partial charge is 0.0195 e. The normalized spacial score (nSPS) is 10.9. The first kappa shape index (κ1) is 17.4. The van der Waals surface area contributed by atoms with Crippen molar-refractivity contribution in [1.29, 1.82) is 0 Å². The molecular formula is C18H19Cl2N. The average molecular weight is 320 g/mol. The van der Waals surface area contributed by atoms with Gasteiger partial charge in [-0.2, -0.15) is 0 Å². The molecule has 21 heavy (non-hydrogen) atoms. The second kappa shape index (κ2) is 7.92. The predicted molar refractivity (Wildman–Crippen MR) is 96.7 cm³/mol. The Kier molecular flexibility index (Phi) is 6.54. The maximum absolute atomic E-state index is 3.18. The van der Waals surface area contributed by atoms with Crippen molar-refractivity contribution in [2.45, 2.75) is 13.3 Å². The van der Waals surface area contributed by atoms with E-state index in [4.69, 9.17) is 0 Å². The fourth-order valence-electron chi connectivity index (χ4n) is 2.42. The van der Waals surface area contributed by atoms with Crippen LogP contribution in [0.25, 0.3) is 16.8 Å². The predicted octanol–water partition coefficient (Wildman–Crippen LogP) is 5.58. The maximum atomic E-state index is 3.18. The third-order valence-electron chi connectivity index (χ3n) is 3.50. The minimum absolute atomic E-state index is 0. The van der Waals surface area contributed by atoms with Crippen LogP contribution in [0.1, 0.15) is 16.8 Å². The second-order valence-electron chi connectivity index (χ2n) is 4.81. The molecule has 0 radical (unpaired) electrons. The number of aromatic nitrogens is 1. The van der Waals surface area contributed by atoms with E-state index < -0.39 is 0 Å². The molecule has 1 N–H and O–H groups in total. The Balaban J connectivity index is 0.000000192. The number of H-pyrrole nitrogens is 1. The standard InChI is InChI=1S/C9H9N.C9H8.2ClH/c1-7-9-5-3-2-4-8(9)6-10-7;1-2-5-9-7-3-6-8(9)4-1;;/h2-6,10H,1H3;1-6H,7H2;2*1H. The van der Waals surface area contributed by atoms with Crippen LogP contribution in [0.5, 0.6) is 0 Å².